The van der Waals surface area contributed by atoms with Gasteiger partial charge in [0.2, 0.25) is 10.0 Å². The van der Waals surface area contributed by atoms with Crippen LogP contribution in [0, 0.1) is 6.92 Å². The van der Waals surface area contributed by atoms with E-state index in [4.69, 9.17) is 5.11 Å². The smallest absolute Gasteiger partial charge is 0.335 e. The summed E-state index contributed by atoms with van der Waals surface area (Å²) in [5.74, 6) is -1.17. The molecule has 1 unspecified atom stereocenters. The molecule has 1 aromatic rings. The Labute approximate surface area is 117 Å². The first-order valence-electron chi connectivity index (χ1n) is 6.34. The normalized spacial score (nSPS) is 20.8. The number of β-amino-alcohol motifs (C(OH)–C–C–N with tert-alkyl or cyclic N) is 1. The Bertz CT molecular complexity index is 626. The lowest BCUT2D eigenvalue weighted by Gasteiger charge is -2.29. The number of carboxylic acids is 1. The Morgan fingerprint density at radius 1 is 1.40 bits per heavy atom. The van der Waals surface area contributed by atoms with Gasteiger partial charge in [-0.1, -0.05) is 6.07 Å². The van der Waals surface area contributed by atoms with Crippen molar-refractivity contribution in [2.45, 2.75) is 30.8 Å². The van der Waals surface area contributed by atoms with Crippen LogP contribution in [0.1, 0.15) is 28.8 Å². The third-order valence-electron chi connectivity index (χ3n) is 3.41. The number of nitrogens with zero attached hydrogens (tertiary/aromatic N) is 1. The molecule has 0 spiro atoms. The highest BCUT2D eigenvalue weighted by Gasteiger charge is 2.30. The summed E-state index contributed by atoms with van der Waals surface area (Å²) in [6.45, 7) is 2.02. The lowest BCUT2D eigenvalue weighted by molar-refractivity contribution is 0.0696. The quantitative estimate of drug-likeness (QED) is 0.862. The van der Waals surface area contributed by atoms with E-state index in [0.717, 1.165) is 0 Å². The first-order chi connectivity index (χ1) is 9.32. The predicted octanol–water partition coefficient (Wildman–Crippen LogP) is 0.839. The molecule has 1 aliphatic heterocycles. The second kappa shape index (κ2) is 5.51. The highest BCUT2D eigenvalue weighted by atomic mass is 32.2. The van der Waals surface area contributed by atoms with Gasteiger partial charge in [0.05, 0.1) is 16.6 Å². The molecule has 0 aromatic heterocycles. The molecule has 1 aliphatic rings. The monoisotopic (exact) mass is 299 g/mol. The Morgan fingerprint density at radius 2 is 2.10 bits per heavy atom. The molecule has 1 aromatic carbocycles. The summed E-state index contributed by atoms with van der Waals surface area (Å²) in [5.41, 5.74) is 0.432. The van der Waals surface area contributed by atoms with E-state index in [2.05, 4.69) is 0 Å². The topological polar surface area (TPSA) is 94.9 Å². The lowest BCUT2D eigenvalue weighted by atomic mass is 10.1. The van der Waals surface area contributed by atoms with Crippen LogP contribution in [0.3, 0.4) is 0 Å². The van der Waals surface area contributed by atoms with Crippen molar-refractivity contribution in [3.63, 3.8) is 0 Å². The van der Waals surface area contributed by atoms with E-state index in [1.807, 2.05) is 0 Å². The van der Waals surface area contributed by atoms with Crippen LogP contribution in [-0.2, 0) is 10.0 Å². The van der Waals surface area contributed by atoms with Gasteiger partial charge in [-0.15, -0.1) is 0 Å². The van der Waals surface area contributed by atoms with Gasteiger partial charge in [0.15, 0.2) is 0 Å². The molecule has 110 valence electrons. The van der Waals surface area contributed by atoms with Gasteiger partial charge < -0.3 is 10.2 Å². The molecule has 1 saturated heterocycles. The number of hydrogen-bond donors (Lipinski definition) is 2. The number of benzene rings is 1. The minimum absolute atomic E-state index is 0.00787. The minimum atomic E-state index is -3.77. The van der Waals surface area contributed by atoms with Crippen molar-refractivity contribution in [1.82, 2.24) is 4.31 Å². The third kappa shape index (κ3) is 2.84. The SMILES string of the molecule is Cc1ccc(C(=O)O)cc1S(=O)(=O)N1CCCC(O)C1. The summed E-state index contributed by atoms with van der Waals surface area (Å²) in [6, 6.07) is 4.03. The number of hydrogen-bond acceptors (Lipinski definition) is 4. The van der Waals surface area contributed by atoms with Crippen molar-refractivity contribution < 1.29 is 23.4 Å². The highest BCUT2D eigenvalue weighted by Crippen LogP contribution is 2.24. The van der Waals surface area contributed by atoms with Crippen LogP contribution >= 0.6 is 0 Å². The fraction of sp³-hybridized carbons (Fsp3) is 0.462. The summed E-state index contributed by atoms with van der Waals surface area (Å²) in [5, 5.41) is 18.6. The molecule has 0 aliphatic carbocycles. The minimum Gasteiger partial charge on any atom is -0.478 e. The molecule has 1 atom stereocenters. The van der Waals surface area contributed by atoms with Crippen LogP contribution in [0.5, 0.6) is 0 Å². The Kier molecular flexibility index (Phi) is 4.12. The zero-order chi connectivity index (χ0) is 14.9. The van der Waals surface area contributed by atoms with Gasteiger partial charge in [0, 0.05) is 13.1 Å². The molecule has 0 amide bonds. The van der Waals surface area contributed by atoms with Crippen molar-refractivity contribution in [3.05, 3.63) is 29.3 Å². The number of rotatable bonds is 3. The fourth-order valence-electron chi connectivity index (χ4n) is 2.29. The van der Waals surface area contributed by atoms with Crippen LogP contribution in [0.25, 0.3) is 0 Å². The average molecular weight is 299 g/mol. The molecule has 2 N–H and O–H groups in total. The maximum absolute atomic E-state index is 12.6. The van der Waals surface area contributed by atoms with Gasteiger partial charge in [-0.2, -0.15) is 4.31 Å². The Hall–Kier alpha value is -1.44. The van der Waals surface area contributed by atoms with Gasteiger partial charge in [0.25, 0.3) is 0 Å². The lowest BCUT2D eigenvalue weighted by Crippen LogP contribution is -2.42. The summed E-state index contributed by atoms with van der Waals surface area (Å²) >= 11 is 0. The molecule has 1 heterocycles. The number of aryl methyl sites for hydroxylation is 1. The Balaban J connectivity index is 2.43. The summed E-state index contributed by atoms with van der Waals surface area (Å²) in [7, 11) is -3.77. The molecular weight excluding hydrogens is 282 g/mol. The largest absolute Gasteiger partial charge is 0.478 e. The van der Waals surface area contributed by atoms with Gasteiger partial charge in [-0.05, 0) is 37.5 Å². The molecule has 1 fully saturated rings. The van der Waals surface area contributed by atoms with E-state index in [1.165, 1.54) is 22.5 Å². The van der Waals surface area contributed by atoms with Gasteiger partial charge in [-0.3, -0.25) is 0 Å². The van der Waals surface area contributed by atoms with Crippen molar-refractivity contribution >= 4 is 16.0 Å². The number of carbonyl (C=O) groups is 1. The highest BCUT2D eigenvalue weighted by molar-refractivity contribution is 7.89. The van der Waals surface area contributed by atoms with E-state index in [9.17, 15) is 18.3 Å². The predicted molar refractivity (Wildman–Crippen MR) is 72.1 cm³/mol. The van der Waals surface area contributed by atoms with Crippen molar-refractivity contribution in [2.24, 2.45) is 0 Å². The van der Waals surface area contributed by atoms with E-state index in [-0.39, 0.29) is 17.0 Å². The number of aliphatic hydroxyl groups is 1. The van der Waals surface area contributed by atoms with Crippen LogP contribution < -0.4 is 0 Å². The van der Waals surface area contributed by atoms with E-state index >= 15 is 0 Å². The summed E-state index contributed by atoms with van der Waals surface area (Å²) in [6.07, 6.45) is 0.514. The Morgan fingerprint density at radius 3 is 2.70 bits per heavy atom. The fourth-order valence-corrected chi connectivity index (χ4v) is 4.06. The molecular formula is C13H17NO5S. The number of piperidine rings is 1. The van der Waals surface area contributed by atoms with Crippen LogP contribution in [0.15, 0.2) is 23.1 Å². The molecule has 0 bridgehead atoms. The standard InChI is InChI=1S/C13H17NO5S/c1-9-4-5-10(13(16)17)7-12(9)20(18,19)14-6-2-3-11(15)8-14/h4-5,7,11,15H,2-3,6,8H2,1H3,(H,16,17). The number of carboxylic acid groups (broad SMARTS) is 1. The van der Waals surface area contributed by atoms with Gasteiger partial charge in [0.1, 0.15) is 0 Å². The molecule has 2 rings (SSSR count). The van der Waals surface area contributed by atoms with Gasteiger partial charge >= 0.3 is 5.97 Å². The first kappa shape index (κ1) is 15.0. The average Bonchev–Trinajstić information content (AvgIpc) is 2.38. The second-order valence-corrected chi connectivity index (χ2v) is 6.85. The molecule has 7 heteroatoms. The first-order valence-corrected chi connectivity index (χ1v) is 7.78. The number of aliphatic hydroxyl groups excluding tert-OH is 1. The molecule has 0 radical (unpaired) electrons. The third-order valence-corrected chi connectivity index (χ3v) is 5.42. The molecule has 20 heavy (non-hydrogen) atoms. The molecule has 0 saturated carbocycles. The zero-order valence-electron chi connectivity index (χ0n) is 11.1. The summed E-state index contributed by atoms with van der Waals surface area (Å²) in [4.78, 5) is 11.0. The zero-order valence-corrected chi connectivity index (χ0v) is 11.9. The van der Waals surface area contributed by atoms with Crippen molar-refractivity contribution in [2.75, 3.05) is 13.1 Å². The number of sulfonamides is 1. The maximum atomic E-state index is 12.6. The van der Waals surface area contributed by atoms with Crippen molar-refractivity contribution in [1.29, 1.82) is 0 Å². The van der Waals surface area contributed by atoms with Crippen LogP contribution in [0.4, 0.5) is 0 Å². The van der Waals surface area contributed by atoms with Gasteiger partial charge in [-0.25, -0.2) is 13.2 Å². The molecule has 6 nitrogen and oxygen atoms in total. The van der Waals surface area contributed by atoms with Crippen LogP contribution in [-0.4, -0.2) is 48.1 Å². The van der Waals surface area contributed by atoms with E-state index < -0.39 is 22.1 Å². The van der Waals surface area contributed by atoms with Crippen LogP contribution in [0.2, 0.25) is 0 Å². The second-order valence-electron chi connectivity index (χ2n) is 4.94. The number of aromatic carboxylic acids is 1. The maximum Gasteiger partial charge on any atom is 0.335 e. The van der Waals surface area contributed by atoms with Crippen molar-refractivity contribution in [3.8, 4) is 0 Å². The van der Waals surface area contributed by atoms with E-state index in [1.54, 1.807) is 6.92 Å². The van der Waals surface area contributed by atoms with E-state index in [0.29, 0.717) is 24.9 Å². The summed E-state index contributed by atoms with van der Waals surface area (Å²) < 4.78 is 26.3.